The molecule has 0 aliphatic carbocycles. The van der Waals surface area contributed by atoms with E-state index >= 15 is 0 Å². The first kappa shape index (κ1) is 7.35. The van der Waals surface area contributed by atoms with Crippen molar-refractivity contribution in [3.8, 4) is 0 Å². The molecule has 0 fully saturated rings. The molecule has 0 saturated carbocycles. The van der Waals surface area contributed by atoms with Gasteiger partial charge in [-0.1, -0.05) is 0 Å². The Morgan fingerprint density at radius 3 is 2.00 bits per heavy atom. The van der Waals surface area contributed by atoms with Crippen molar-refractivity contribution >= 4 is 25.7 Å². The quantitative estimate of drug-likeness (QED) is 0.450. The van der Waals surface area contributed by atoms with Gasteiger partial charge in [0.25, 0.3) is 0 Å². The summed E-state index contributed by atoms with van der Waals surface area (Å²) >= 11 is -5.49. The van der Waals surface area contributed by atoms with Crippen molar-refractivity contribution in [3.63, 3.8) is 0 Å². The third kappa shape index (κ3) is 6.35. The average Bonchev–Trinajstić information content (AvgIpc) is 1.30. The van der Waals surface area contributed by atoms with E-state index in [4.69, 9.17) is 8.74 Å². The Hall–Kier alpha value is 0.349. The summed E-state index contributed by atoms with van der Waals surface area (Å²) < 4.78 is 37.5. The Kier molecular flexibility index (Phi) is 2.74. The second-order valence-electron chi connectivity index (χ2n) is 0.570. The molecular formula is H2O5SSe. The van der Waals surface area contributed by atoms with E-state index in [9.17, 15) is 7.67 Å². The molecular weight excluding hydrogens is 191 g/mol. The van der Waals surface area contributed by atoms with Crippen LogP contribution in [0.4, 0.5) is 0 Å². The van der Waals surface area contributed by atoms with Crippen molar-refractivity contribution in [3.05, 3.63) is 0 Å². The van der Waals surface area contributed by atoms with Crippen LogP contribution < -0.4 is 0 Å². The van der Waals surface area contributed by atoms with Crippen LogP contribution in [-0.4, -0.2) is 22.1 Å². The minimum absolute atomic E-state index is 0.397. The van der Waals surface area contributed by atoms with Crippen LogP contribution in [0.5, 0.6) is 0 Å². The zero-order chi connectivity index (χ0) is 5.91. The molecule has 0 atom stereocenters. The molecule has 5 nitrogen and oxygen atoms in total. The first-order valence-electron chi connectivity index (χ1n) is 1.03. The minimum atomic E-state index is -5.10. The fraction of sp³-hybridized carbons (Fsp3) is 0. The van der Waals surface area contributed by atoms with E-state index in [1.807, 2.05) is 0 Å². The van der Waals surface area contributed by atoms with Gasteiger partial charge in [-0.3, -0.25) is 0 Å². The van der Waals surface area contributed by atoms with Crippen LogP contribution in [0.1, 0.15) is 0 Å². The van der Waals surface area contributed by atoms with Crippen LogP contribution >= 0.6 is 12.3 Å². The van der Waals surface area contributed by atoms with Gasteiger partial charge in [-0.15, -0.1) is 0 Å². The van der Waals surface area contributed by atoms with Crippen LogP contribution in [0.2, 0.25) is 0 Å². The van der Waals surface area contributed by atoms with Gasteiger partial charge >= 0.3 is 45.4 Å². The maximum atomic E-state index is 9.46. The Morgan fingerprint density at radius 1 is 1.57 bits per heavy atom. The summed E-state index contributed by atoms with van der Waals surface area (Å²) in [5.41, 5.74) is 0. The molecule has 0 unspecified atom stereocenters. The van der Waals surface area contributed by atoms with E-state index in [1.54, 1.807) is 0 Å². The monoisotopic (exact) mass is 194 g/mol. The van der Waals surface area contributed by atoms with Crippen LogP contribution in [0.3, 0.4) is 0 Å². The van der Waals surface area contributed by atoms with Gasteiger partial charge in [0, 0.05) is 0 Å². The van der Waals surface area contributed by atoms with E-state index < -0.39 is 25.7 Å². The molecule has 0 aromatic rings. The Morgan fingerprint density at radius 2 is 2.00 bits per heavy atom. The molecule has 0 aromatic carbocycles. The first-order valence-corrected chi connectivity index (χ1v) is 4.59. The van der Waals surface area contributed by atoms with Gasteiger partial charge in [-0.25, -0.2) is 0 Å². The molecule has 2 N–H and O–H groups in total. The third-order valence-electron chi connectivity index (χ3n) is 0.116. The number of hydrogen-bond donors (Lipinski definition) is 2. The molecule has 0 aliphatic rings. The molecule has 0 saturated heterocycles. The fourth-order valence-corrected chi connectivity index (χ4v) is 0.599. The van der Waals surface area contributed by atoms with E-state index in [2.05, 4.69) is 3.27 Å². The zero-order valence-electron chi connectivity index (χ0n) is 2.94. The van der Waals surface area contributed by atoms with Gasteiger partial charge in [0.1, 0.15) is 0 Å². The second-order valence-corrected chi connectivity index (χ2v) is 3.51. The maximum absolute atomic E-state index is 9.46. The van der Waals surface area contributed by atoms with E-state index in [0.717, 1.165) is 0 Å². The summed E-state index contributed by atoms with van der Waals surface area (Å²) in [5.74, 6) is 0. The van der Waals surface area contributed by atoms with E-state index in [1.165, 1.54) is 0 Å². The summed E-state index contributed by atoms with van der Waals surface area (Å²) in [4.78, 5) is 0. The van der Waals surface area contributed by atoms with Crippen LogP contribution in [0.15, 0.2) is 0 Å². The van der Waals surface area contributed by atoms with Gasteiger partial charge in [0.05, 0.1) is 0 Å². The molecule has 0 rings (SSSR count). The van der Waals surface area contributed by atoms with E-state index in [0.29, 0.717) is 0 Å². The van der Waals surface area contributed by atoms with Gasteiger partial charge in [-0.2, -0.15) is 0 Å². The van der Waals surface area contributed by atoms with E-state index in [-0.39, 0.29) is 0 Å². The van der Waals surface area contributed by atoms with Gasteiger partial charge in [0.2, 0.25) is 0 Å². The van der Waals surface area contributed by atoms with Gasteiger partial charge in [-0.05, 0) is 0 Å². The van der Waals surface area contributed by atoms with Crippen LogP contribution in [0.25, 0.3) is 0 Å². The molecule has 7 heteroatoms. The van der Waals surface area contributed by atoms with Crippen molar-refractivity contribution < 1.29 is 19.7 Å². The summed E-state index contributed by atoms with van der Waals surface area (Å²) in [5, 5.41) is 0. The van der Waals surface area contributed by atoms with Crippen molar-refractivity contribution in [2.24, 2.45) is 0 Å². The number of hydrogen-bond acceptors (Lipinski definition) is 5. The van der Waals surface area contributed by atoms with Crippen molar-refractivity contribution in [2.75, 3.05) is 0 Å². The molecule has 0 aromatic heterocycles. The summed E-state index contributed by atoms with van der Waals surface area (Å²) in [6.07, 6.45) is 0. The van der Waals surface area contributed by atoms with Gasteiger partial charge in [0.15, 0.2) is 0 Å². The molecule has 0 aliphatic heterocycles. The van der Waals surface area contributed by atoms with Crippen LogP contribution in [0, 0.1) is 0 Å². The Labute approximate surface area is 46.0 Å². The summed E-state index contributed by atoms with van der Waals surface area (Å²) in [6, 6.07) is 0. The number of rotatable bonds is 2. The molecule has 7 heavy (non-hydrogen) atoms. The fourth-order valence-electron chi connectivity index (χ4n) is 0.0385. The van der Waals surface area contributed by atoms with Crippen LogP contribution in [-0.2, 0) is 10.9 Å². The predicted molar refractivity (Wildman–Crippen MR) is 20.7 cm³/mol. The summed E-state index contributed by atoms with van der Waals surface area (Å²) in [7, 11) is 0. The topological polar surface area (TPSA) is 83.8 Å². The molecule has 0 radical (unpaired) electrons. The summed E-state index contributed by atoms with van der Waals surface area (Å²) in [6.45, 7) is 0. The second kappa shape index (κ2) is 2.61. The Bertz CT molecular complexity index is 121. The zero-order valence-corrected chi connectivity index (χ0v) is 5.47. The standard InChI is InChI=1S/H2O5SSe/c1-6-5-7(2,3)4/h1H,(H,2,3,4). The molecule has 44 valence electrons. The van der Waals surface area contributed by atoms with Crippen molar-refractivity contribution in [2.45, 2.75) is 0 Å². The Balaban J connectivity index is 3.60. The van der Waals surface area contributed by atoms with Crippen molar-refractivity contribution in [1.82, 2.24) is 0 Å². The van der Waals surface area contributed by atoms with Gasteiger partial charge < -0.3 is 0 Å². The molecule has 0 spiro atoms. The average molecular weight is 193 g/mol. The first-order chi connectivity index (χ1) is 3.06. The predicted octanol–water partition coefficient (Wildman–Crippen LogP) is -0.587. The molecule has 0 bridgehead atoms. The third-order valence-corrected chi connectivity index (χ3v) is 1.81. The normalized spacial score (nSPS) is 11.7. The SMILES string of the molecule is O=[Se](=O)(O)OSO. The molecule has 0 amide bonds. The van der Waals surface area contributed by atoms with Crippen molar-refractivity contribution in [1.29, 1.82) is 0 Å². The molecule has 0 heterocycles.